The zero-order valence-electron chi connectivity index (χ0n) is 14.9. The van der Waals surface area contributed by atoms with E-state index >= 15 is 0 Å². The van der Waals surface area contributed by atoms with Crippen LogP contribution in [0.2, 0.25) is 0 Å². The second-order valence-electron chi connectivity index (χ2n) is 6.59. The van der Waals surface area contributed by atoms with Crippen molar-refractivity contribution in [3.8, 4) is 6.07 Å². The van der Waals surface area contributed by atoms with E-state index in [1.54, 1.807) is 31.3 Å². The number of amides is 1. The van der Waals surface area contributed by atoms with Crippen LogP contribution < -0.4 is 27.2 Å². The zero-order chi connectivity index (χ0) is 19.7. The van der Waals surface area contributed by atoms with Gasteiger partial charge in [0, 0.05) is 32.4 Å². The third-order valence-electron chi connectivity index (χ3n) is 5.34. The van der Waals surface area contributed by atoms with Crippen molar-refractivity contribution < 1.29 is 4.79 Å². The topological polar surface area (TPSA) is 126 Å². The summed E-state index contributed by atoms with van der Waals surface area (Å²) in [5.74, 6) is -0.425. The van der Waals surface area contributed by atoms with Crippen molar-refractivity contribution in [1.82, 2.24) is 9.13 Å². The SMILES string of the molecule is CN1C(=O)C2(C(C#N)=C(N)Nc3c2c(=O)n(C)c(=O)n3C)c2ccccc21. The molecule has 0 saturated carbocycles. The predicted molar refractivity (Wildman–Crippen MR) is 98.0 cm³/mol. The van der Waals surface area contributed by atoms with Crippen molar-refractivity contribution >= 4 is 17.4 Å². The average molecular weight is 364 g/mol. The molecule has 1 unspecified atom stereocenters. The number of hydrogen-bond donors (Lipinski definition) is 2. The molecule has 2 aromatic rings. The molecule has 3 heterocycles. The standard InChI is InChI=1S/C18H16N6O3/c1-22-11-7-5-4-6-9(11)18(16(22)26)10(8-19)13(20)21-14-12(18)15(25)24(3)17(27)23(14)2/h4-7,21H,20H2,1-3H3. The Balaban J connectivity index is 2.31. The van der Waals surface area contributed by atoms with Gasteiger partial charge in [-0.3, -0.25) is 18.7 Å². The van der Waals surface area contributed by atoms with Crippen molar-refractivity contribution in [2.45, 2.75) is 5.41 Å². The van der Waals surface area contributed by atoms with Crippen LogP contribution in [-0.2, 0) is 24.3 Å². The summed E-state index contributed by atoms with van der Waals surface area (Å²) >= 11 is 0. The van der Waals surface area contributed by atoms with E-state index in [4.69, 9.17) is 5.73 Å². The lowest BCUT2D eigenvalue weighted by Gasteiger charge is -2.35. The number of fused-ring (bicyclic) bond motifs is 4. The maximum atomic E-state index is 13.5. The van der Waals surface area contributed by atoms with E-state index in [0.29, 0.717) is 11.3 Å². The Morgan fingerprint density at radius 2 is 1.78 bits per heavy atom. The molecule has 0 aliphatic carbocycles. The predicted octanol–water partition coefficient (Wildman–Crippen LogP) is -0.534. The average Bonchev–Trinajstić information content (AvgIpc) is 2.88. The lowest BCUT2D eigenvalue weighted by Crippen LogP contribution is -2.53. The summed E-state index contributed by atoms with van der Waals surface area (Å²) in [5.41, 5.74) is 4.17. The summed E-state index contributed by atoms with van der Waals surface area (Å²) in [6, 6.07) is 8.94. The Kier molecular flexibility index (Phi) is 3.15. The number of aromatic nitrogens is 2. The van der Waals surface area contributed by atoms with Crippen LogP contribution in [-0.4, -0.2) is 22.1 Å². The quantitative estimate of drug-likeness (QED) is 0.647. The number of nitriles is 1. The van der Waals surface area contributed by atoms with Gasteiger partial charge < -0.3 is 16.0 Å². The van der Waals surface area contributed by atoms with Gasteiger partial charge >= 0.3 is 5.69 Å². The van der Waals surface area contributed by atoms with Gasteiger partial charge in [0.2, 0.25) is 5.91 Å². The molecule has 1 aromatic heterocycles. The molecule has 1 aromatic carbocycles. The number of hydrogen-bond acceptors (Lipinski definition) is 6. The number of benzene rings is 1. The van der Waals surface area contributed by atoms with Crippen LogP contribution >= 0.6 is 0 Å². The normalized spacial score (nSPS) is 20.4. The van der Waals surface area contributed by atoms with Crippen LogP contribution in [0.15, 0.2) is 45.2 Å². The van der Waals surface area contributed by atoms with Crippen LogP contribution in [0, 0.1) is 11.3 Å². The second-order valence-corrected chi connectivity index (χ2v) is 6.59. The van der Waals surface area contributed by atoms with Crippen molar-refractivity contribution in [1.29, 1.82) is 5.26 Å². The van der Waals surface area contributed by atoms with Gasteiger partial charge in [0.1, 0.15) is 23.1 Å². The second kappa shape index (κ2) is 5.11. The van der Waals surface area contributed by atoms with E-state index in [2.05, 4.69) is 5.32 Å². The van der Waals surface area contributed by atoms with Gasteiger partial charge in [-0.1, -0.05) is 18.2 Å². The molecular formula is C18H16N6O3. The summed E-state index contributed by atoms with van der Waals surface area (Å²) in [4.78, 5) is 40.4. The number of carbonyl (C=O) groups is 1. The number of nitrogens with zero attached hydrogens (tertiary/aromatic N) is 4. The van der Waals surface area contributed by atoms with Gasteiger partial charge in [0.05, 0.1) is 11.1 Å². The first-order valence-electron chi connectivity index (χ1n) is 8.14. The maximum Gasteiger partial charge on any atom is 0.332 e. The molecule has 0 radical (unpaired) electrons. The highest BCUT2D eigenvalue weighted by Gasteiger charge is 2.59. The highest BCUT2D eigenvalue weighted by molar-refractivity contribution is 6.14. The van der Waals surface area contributed by atoms with Crippen LogP contribution in [0.4, 0.5) is 11.5 Å². The minimum Gasteiger partial charge on any atom is -0.384 e. The van der Waals surface area contributed by atoms with E-state index in [0.717, 1.165) is 4.57 Å². The molecule has 9 heteroatoms. The first kappa shape index (κ1) is 16.7. The molecule has 1 spiro atoms. The molecule has 2 aliphatic heterocycles. The number of para-hydroxylation sites is 1. The Morgan fingerprint density at radius 1 is 1.11 bits per heavy atom. The monoisotopic (exact) mass is 364 g/mol. The Hall–Kier alpha value is -3.80. The van der Waals surface area contributed by atoms with Gasteiger partial charge in [-0.25, -0.2) is 4.79 Å². The lowest BCUT2D eigenvalue weighted by atomic mass is 9.69. The molecule has 0 saturated heterocycles. The summed E-state index contributed by atoms with van der Waals surface area (Å²) in [6.45, 7) is 0. The lowest BCUT2D eigenvalue weighted by molar-refractivity contribution is -0.120. The van der Waals surface area contributed by atoms with Crippen molar-refractivity contribution in [2.75, 3.05) is 17.3 Å². The third kappa shape index (κ3) is 1.69. The molecule has 0 fully saturated rings. The number of nitrogens with one attached hydrogen (secondary N) is 1. The Bertz CT molecular complexity index is 1230. The van der Waals surface area contributed by atoms with E-state index < -0.39 is 22.6 Å². The first-order chi connectivity index (χ1) is 12.8. The van der Waals surface area contributed by atoms with Gasteiger partial charge in [-0.2, -0.15) is 5.26 Å². The van der Waals surface area contributed by atoms with Crippen LogP contribution in [0.3, 0.4) is 0 Å². The fraction of sp³-hybridized carbons (Fsp3) is 0.222. The molecule has 1 atom stereocenters. The summed E-state index contributed by atoms with van der Waals surface area (Å²) < 4.78 is 2.14. The number of rotatable bonds is 0. The van der Waals surface area contributed by atoms with Gasteiger partial charge in [0.25, 0.3) is 5.56 Å². The molecule has 0 bridgehead atoms. The number of anilines is 2. The van der Waals surface area contributed by atoms with Crippen LogP contribution in [0.5, 0.6) is 0 Å². The first-order valence-corrected chi connectivity index (χ1v) is 8.14. The van der Waals surface area contributed by atoms with Crippen molar-refractivity contribution in [3.05, 3.63) is 67.6 Å². The highest BCUT2D eigenvalue weighted by atomic mass is 16.2. The molecule has 4 rings (SSSR count). The van der Waals surface area contributed by atoms with Crippen molar-refractivity contribution in [3.63, 3.8) is 0 Å². The molecule has 2 aliphatic rings. The number of carbonyl (C=O) groups excluding carboxylic acids is 1. The molecule has 27 heavy (non-hydrogen) atoms. The van der Waals surface area contributed by atoms with Gasteiger partial charge in [-0.15, -0.1) is 0 Å². The van der Waals surface area contributed by atoms with E-state index in [-0.39, 0.29) is 22.8 Å². The smallest absolute Gasteiger partial charge is 0.332 e. The minimum absolute atomic E-state index is 0.0136. The van der Waals surface area contributed by atoms with Crippen LogP contribution in [0.25, 0.3) is 0 Å². The zero-order valence-corrected chi connectivity index (χ0v) is 14.9. The Morgan fingerprint density at radius 3 is 2.44 bits per heavy atom. The summed E-state index contributed by atoms with van der Waals surface area (Å²) in [6.07, 6.45) is 0. The summed E-state index contributed by atoms with van der Waals surface area (Å²) in [7, 11) is 4.39. The molecule has 1 amide bonds. The van der Waals surface area contributed by atoms with E-state index in [1.807, 2.05) is 6.07 Å². The fourth-order valence-electron chi connectivity index (χ4n) is 4.03. The highest BCUT2D eigenvalue weighted by Crippen LogP contribution is 2.52. The third-order valence-corrected chi connectivity index (χ3v) is 5.34. The van der Waals surface area contributed by atoms with Gasteiger partial charge in [0.15, 0.2) is 0 Å². The van der Waals surface area contributed by atoms with E-state index in [1.165, 1.54) is 23.6 Å². The summed E-state index contributed by atoms with van der Waals surface area (Å²) in [5, 5.41) is 12.6. The molecule has 136 valence electrons. The van der Waals surface area contributed by atoms with Crippen LogP contribution in [0.1, 0.15) is 11.1 Å². The fourth-order valence-corrected chi connectivity index (χ4v) is 4.03. The van der Waals surface area contributed by atoms with Crippen molar-refractivity contribution in [2.24, 2.45) is 19.8 Å². The minimum atomic E-state index is -1.70. The number of likely N-dealkylation sites (N-methyl/N-ethyl adjacent to an activating group) is 1. The molecule has 9 nitrogen and oxygen atoms in total. The molecule has 3 N–H and O–H groups in total. The molecular weight excluding hydrogens is 348 g/mol. The van der Waals surface area contributed by atoms with E-state index in [9.17, 15) is 19.6 Å². The van der Waals surface area contributed by atoms with Gasteiger partial charge in [-0.05, 0) is 6.07 Å². The maximum absolute atomic E-state index is 13.5. The Labute approximate surface area is 153 Å². The number of nitrogens with two attached hydrogens (primary N) is 1. The largest absolute Gasteiger partial charge is 0.384 e.